The van der Waals surface area contributed by atoms with Crippen LogP contribution in [0.1, 0.15) is 21.7 Å². The summed E-state index contributed by atoms with van der Waals surface area (Å²) in [7, 11) is 0. The predicted molar refractivity (Wildman–Crippen MR) is 127 cm³/mol. The zero-order valence-corrected chi connectivity index (χ0v) is 19.2. The van der Waals surface area contributed by atoms with E-state index < -0.39 is 17.9 Å². The summed E-state index contributed by atoms with van der Waals surface area (Å²) in [5.41, 5.74) is 12.7. The standard InChI is InChI=1S/C14H10ClF3N8O.C8H10O/c15-8-3-5(1-2-6(8)10(20)27)22-13-21-4-7(9(19)23-13)11-24-12(26-25-11)14(16,17)18;9-7-6-8-4-2-1-3-5-8/h1-4H,(H2,20,27)(H,24,25,26)(H3,19,21,22,23);1-5,9H,6-7H2. The lowest BCUT2D eigenvalue weighted by atomic mass is 10.2. The van der Waals surface area contributed by atoms with Gasteiger partial charge in [0.1, 0.15) is 5.82 Å². The highest BCUT2D eigenvalue weighted by molar-refractivity contribution is 6.34. The fourth-order valence-electron chi connectivity index (χ4n) is 2.83. The number of aliphatic hydroxyl groups excluding tert-OH is 1. The lowest BCUT2D eigenvalue weighted by molar-refractivity contribution is -0.144. The number of halogens is 4. The second-order valence-electron chi connectivity index (χ2n) is 7.14. The highest BCUT2D eigenvalue weighted by Crippen LogP contribution is 2.29. The molecule has 2 aromatic carbocycles. The molecule has 7 N–H and O–H groups in total. The monoisotopic (exact) mass is 520 g/mol. The van der Waals surface area contributed by atoms with Gasteiger partial charge in [-0.25, -0.2) is 9.97 Å². The molecular formula is C22H20ClF3N8O2. The molecule has 36 heavy (non-hydrogen) atoms. The van der Waals surface area contributed by atoms with Crippen molar-refractivity contribution in [3.8, 4) is 11.4 Å². The van der Waals surface area contributed by atoms with Crippen LogP contribution < -0.4 is 16.8 Å². The first-order chi connectivity index (χ1) is 17.1. The number of H-pyrrole nitrogens is 1. The van der Waals surface area contributed by atoms with Crippen LogP contribution in [0.4, 0.5) is 30.6 Å². The van der Waals surface area contributed by atoms with Crippen LogP contribution in [0.3, 0.4) is 0 Å². The largest absolute Gasteiger partial charge is 0.451 e. The molecule has 14 heteroatoms. The first kappa shape index (κ1) is 26.4. The number of hydrogen-bond donors (Lipinski definition) is 5. The number of benzene rings is 2. The molecule has 0 unspecified atom stereocenters. The molecule has 0 bridgehead atoms. The highest BCUT2D eigenvalue weighted by atomic mass is 35.5. The maximum atomic E-state index is 12.6. The van der Waals surface area contributed by atoms with E-state index in [4.69, 9.17) is 28.2 Å². The number of alkyl halides is 3. The van der Waals surface area contributed by atoms with E-state index in [1.165, 1.54) is 30.0 Å². The number of amides is 1. The Balaban J connectivity index is 0.000000338. The van der Waals surface area contributed by atoms with Gasteiger partial charge in [0.25, 0.3) is 0 Å². The van der Waals surface area contributed by atoms with Crippen molar-refractivity contribution in [1.29, 1.82) is 0 Å². The molecule has 10 nitrogen and oxygen atoms in total. The minimum atomic E-state index is -4.67. The topological polar surface area (TPSA) is 169 Å². The number of aromatic amines is 1. The number of nitrogens with two attached hydrogens (primary N) is 2. The van der Waals surface area contributed by atoms with Gasteiger partial charge in [-0.15, -0.1) is 0 Å². The first-order valence-electron chi connectivity index (χ1n) is 10.2. The summed E-state index contributed by atoms with van der Waals surface area (Å²) in [5, 5.41) is 16.7. The molecule has 2 aromatic heterocycles. The number of anilines is 3. The molecule has 0 saturated heterocycles. The predicted octanol–water partition coefficient (Wildman–Crippen LogP) is 3.58. The lowest BCUT2D eigenvalue weighted by Gasteiger charge is -2.08. The van der Waals surface area contributed by atoms with E-state index in [0.29, 0.717) is 5.69 Å². The van der Waals surface area contributed by atoms with E-state index in [1.54, 1.807) is 5.10 Å². The zero-order valence-electron chi connectivity index (χ0n) is 18.4. The Morgan fingerprint density at radius 3 is 2.42 bits per heavy atom. The first-order valence-corrected chi connectivity index (χ1v) is 10.6. The lowest BCUT2D eigenvalue weighted by Crippen LogP contribution is -2.11. The molecule has 0 aliphatic rings. The average Bonchev–Trinajstić information content (AvgIpc) is 3.31. The summed E-state index contributed by atoms with van der Waals surface area (Å²) in [6.07, 6.45) is -2.73. The number of rotatable bonds is 6. The number of carbonyl (C=O) groups excluding carboxylic acids is 1. The van der Waals surface area contributed by atoms with Gasteiger partial charge >= 0.3 is 6.18 Å². The van der Waals surface area contributed by atoms with Gasteiger partial charge in [0.2, 0.25) is 17.7 Å². The Morgan fingerprint density at radius 2 is 1.86 bits per heavy atom. The number of nitrogens with one attached hydrogen (secondary N) is 2. The number of primary amides is 1. The van der Waals surface area contributed by atoms with Crippen LogP contribution >= 0.6 is 11.6 Å². The third kappa shape index (κ3) is 6.90. The summed E-state index contributed by atoms with van der Waals surface area (Å²) in [5.74, 6) is -2.32. The van der Waals surface area contributed by atoms with E-state index in [-0.39, 0.29) is 40.3 Å². The normalized spacial score (nSPS) is 10.9. The van der Waals surface area contributed by atoms with Crippen molar-refractivity contribution in [2.24, 2.45) is 5.73 Å². The number of aliphatic hydroxyl groups is 1. The molecule has 0 spiro atoms. The fraction of sp³-hybridized carbons (Fsp3) is 0.136. The van der Waals surface area contributed by atoms with Crippen molar-refractivity contribution in [1.82, 2.24) is 25.1 Å². The number of aromatic nitrogens is 5. The Morgan fingerprint density at radius 1 is 1.14 bits per heavy atom. The molecule has 0 atom stereocenters. The molecule has 0 aliphatic carbocycles. The van der Waals surface area contributed by atoms with Crippen molar-refractivity contribution < 1.29 is 23.1 Å². The minimum absolute atomic E-state index is 0.0226. The van der Waals surface area contributed by atoms with Gasteiger partial charge in [-0.3, -0.25) is 9.89 Å². The van der Waals surface area contributed by atoms with Crippen molar-refractivity contribution in [2.45, 2.75) is 12.6 Å². The smallest absolute Gasteiger partial charge is 0.396 e. The Kier molecular flexibility index (Phi) is 8.40. The van der Waals surface area contributed by atoms with Crippen LogP contribution in [0.25, 0.3) is 11.4 Å². The van der Waals surface area contributed by atoms with Crippen LogP contribution in [0, 0.1) is 0 Å². The summed E-state index contributed by atoms with van der Waals surface area (Å²) >= 11 is 5.95. The average molecular weight is 521 g/mol. The molecule has 0 saturated carbocycles. The molecule has 4 rings (SSSR count). The van der Waals surface area contributed by atoms with Crippen molar-refractivity contribution >= 4 is 35.0 Å². The van der Waals surface area contributed by atoms with Gasteiger partial charge in [0.15, 0.2) is 5.82 Å². The molecule has 1 amide bonds. The minimum Gasteiger partial charge on any atom is -0.396 e. The zero-order chi connectivity index (χ0) is 26.3. The third-order valence-electron chi connectivity index (χ3n) is 4.55. The van der Waals surface area contributed by atoms with Crippen LogP contribution in [0.5, 0.6) is 0 Å². The number of hydrogen-bond acceptors (Lipinski definition) is 8. The Bertz CT molecular complexity index is 1330. The summed E-state index contributed by atoms with van der Waals surface area (Å²) in [6.45, 7) is 0.240. The fourth-order valence-corrected chi connectivity index (χ4v) is 3.11. The van der Waals surface area contributed by atoms with E-state index in [9.17, 15) is 18.0 Å². The van der Waals surface area contributed by atoms with Gasteiger partial charge in [-0.05, 0) is 30.2 Å². The third-order valence-corrected chi connectivity index (χ3v) is 4.86. The van der Waals surface area contributed by atoms with Gasteiger partial charge in [0, 0.05) is 18.5 Å². The molecule has 2 heterocycles. The number of carbonyl (C=O) groups is 1. The Labute approximate surface area is 207 Å². The molecule has 4 aromatic rings. The van der Waals surface area contributed by atoms with Crippen molar-refractivity contribution in [3.05, 3.63) is 76.7 Å². The number of nitrogen functional groups attached to an aromatic ring is 1. The van der Waals surface area contributed by atoms with Crippen LogP contribution in [-0.2, 0) is 12.6 Å². The van der Waals surface area contributed by atoms with Gasteiger partial charge in [0.05, 0.1) is 16.1 Å². The van der Waals surface area contributed by atoms with Crippen LogP contribution in [0.2, 0.25) is 5.02 Å². The SMILES string of the molecule is NC(=O)c1ccc(Nc2ncc(-c3n[nH]c(C(F)(F)F)n3)c(N)n2)cc1Cl.OCCc1ccccc1. The van der Waals surface area contributed by atoms with Crippen molar-refractivity contribution in [2.75, 3.05) is 17.7 Å². The van der Waals surface area contributed by atoms with Gasteiger partial charge in [-0.2, -0.15) is 23.3 Å². The second-order valence-corrected chi connectivity index (χ2v) is 7.55. The summed E-state index contributed by atoms with van der Waals surface area (Å²) in [4.78, 5) is 22.4. The second kappa shape index (κ2) is 11.5. The van der Waals surface area contributed by atoms with Crippen LogP contribution in [0.15, 0.2) is 54.7 Å². The van der Waals surface area contributed by atoms with E-state index in [0.717, 1.165) is 6.42 Å². The van der Waals surface area contributed by atoms with Gasteiger partial charge in [-0.1, -0.05) is 41.9 Å². The van der Waals surface area contributed by atoms with Crippen molar-refractivity contribution in [3.63, 3.8) is 0 Å². The number of nitrogens with zero attached hydrogens (tertiary/aromatic N) is 4. The molecule has 0 fully saturated rings. The summed E-state index contributed by atoms with van der Waals surface area (Å²) in [6, 6.07) is 14.3. The van der Waals surface area contributed by atoms with E-state index >= 15 is 0 Å². The molecule has 188 valence electrons. The highest BCUT2D eigenvalue weighted by Gasteiger charge is 2.35. The maximum Gasteiger partial charge on any atom is 0.451 e. The van der Waals surface area contributed by atoms with E-state index in [1.807, 2.05) is 30.3 Å². The molecular weight excluding hydrogens is 501 g/mol. The molecule has 0 aliphatic heterocycles. The Hall–Kier alpha value is -4.23. The van der Waals surface area contributed by atoms with Crippen LogP contribution in [-0.4, -0.2) is 42.8 Å². The summed E-state index contributed by atoms with van der Waals surface area (Å²) < 4.78 is 37.8. The van der Waals surface area contributed by atoms with E-state index in [2.05, 4.69) is 25.4 Å². The maximum absolute atomic E-state index is 12.6. The van der Waals surface area contributed by atoms with Gasteiger partial charge < -0.3 is 21.9 Å². The quantitative estimate of drug-likeness (QED) is 0.257. The molecule has 0 radical (unpaired) electrons.